The van der Waals surface area contributed by atoms with Gasteiger partial charge in [0.2, 0.25) is 0 Å². The molecule has 2 rings (SSSR count). The predicted octanol–water partition coefficient (Wildman–Crippen LogP) is 1.21. The minimum absolute atomic E-state index is 0.137. The second-order valence-corrected chi connectivity index (χ2v) is 3.20. The quantitative estimate of drug-likeness (QED) is 0.697. The lowest BCUT2D eigenvalue weighted by Gasteiger charge is -2.15. The molecule has 1 aromatic rings. The van der Waals surface area contributed by atoms with Crippen molar-refractivity contribution in [2.75, 3.05) is 18.2 Å². The highest BCUT2D eigenvalue weighted by atomic mass is 16.5. The van der Waals surface area contributed by atoms with Crippen LogP contribution in [0, 0.1) is 0 Å². The Morgan fingerprint density at radius 2 is 2.00 bits per heavy atom. The summed E-state index contributed by atoms with van der Waals surface area (Å²) in [6, 6.07) is 6.94. The summed E-state index contributed by atoms with van der Waals surface area (Å²) in [6.45, 7) is 2.49. The fourth-order valence-corrected chi connectivity index (χ4v) is 1.56. The number of rotatable bonds is 3. The molecule has 1 aromatic carbocycles. The summed E-state index contributed by atoms with van der Waals surface area (Å²) in [5.74, 6) is -0.963. The van der Waals surface area contributed by atoms with E-state index in [1.54, 1.807) is 24.3 Å². The summed E-state index contributed by atoms with van der Waals surface area (Å²) in [4.78, 5) is 24.5. The number of nitrogens with zero attached hydrogens (tertiary/aromatic N) is 1. The minimum Gasteiger partial charge on any atom is -0.361 e. The van der Waals surface area contributed by atoms with Crippen molar-refractivity contribution in [3.05, 3.63) is 29.8 Å². The Balaban J connectivity index is 2.34. The largest absolute Gasteiger partial charge is 0.361 e. The van der Waals surface area contributed by atoms with Crippen LogP contribution in [0.3, 0.4) is 0 Å². The maximum Gasteiger partial charge on any atom is 0.301 e. The van der Waals surface area contributed by atoms with Gasteiger partial charge >= 0.3 is 5.91 Å². The molecule has 4 heteroatoms. The third-order valence-electron chi connectivity index (χ3n) is 2.30. The molecule has 0 unspecified atom stereocenters. The van der Waals surface area contributed by atoms with Crippen molar-refractivity contribution in [2.45, 2.75) is 6.92 Å². The van der Waals surface area contributed by atoms with Crippen LogP contribution in [0.5, 0.6) is 0 Å². The topological polar surface area (TPSA) is 46.6 Å². The van der Waals surface area contributed by atoms with Gasteiger partial charge < -0.3 is 4.74 Å². The Labute approximate surface area is 87.4 Å². The molecule has 0 spiro atoms. The summed E-state index contributed by atoms with van der Waals surface area (Å²) >= 11 is 0. The van der Waals surface area contributed by atoms with E-state index in [1.807, 2.05) is 6.92 Å². The lowest BCUT2D eigenvalue weighted by Crippen LogP contribution is -2.31. The number of fused-ring (bicyclic) bond motifs is 1. The lowest BCUT2D eigenvalue weighted by atomic mass is 10.1. The third kappa shape index (κ3) is 1.53. The number of benzene rings is 1. The molecule has 1 aliphatic rings. The number of Topliss-reactive ketones (excluding diaryl/α,β-unsaturated/α-hetero) is 1. The Kier molecular flexibility index (Phi) is 2.51. The van der Waals surface area contributed by atoms with Crippen LogP contribution in [-0.2, 0) is 9.53 Å². The molecule has 0 aliphatic carbocycles. The highest BCUT2D eigenvalue weighted by molar-refractivity contribution is 6.52. The number of amides is 1. The van der Waals surface area contributed by atoms with Crippen molar-refractivity contribution >= 4 is 17.4 Å². The highest BCUT2D eigenvalue weighted by Crippen LogP contribution is 2.27. The first kappa shape index (κ1) is 9.86. The fraction of sp³-hybridized carbons (Fsp3) is 0.273. The molecule has 0 saturated heterocycles. The second-order valence-electron chi connectivity index (χ2n) is 3.20. The molecule has 1 amide bonds. The van der Waals surface area contributed by atoms with Crippen molar-refractivity contribution in [1.82, 2.24) is 0 Å². The van der Waals surface area contributed by atoms with Crippen molar-refractivity contribution in [1.29, 1.82) is 0 Å². The summed E-state index contributed by atoms with van der Waals surface area (Å²) in [7, 11) is 0. The normalized spacial score (nSPS) is 14.6. The average Bonchev–Trinajstić information content (AvgIpc) is 2.51. The lowest BCUT2D eigenvalue weighted by molar-refractivity contribution is -0.115. The minimum atomic E-state index is -0.510. The molecule has 0 radical (unpaired) electrons. The van der Waals surface area contributed by atoms with Crippen LogP contribution in [0.1, 0.15) is 17.3 Å². The van der Waals surface area contributed by atoms with Crippen LogP contribution < -0.4 is 4.90 Å². The van der Waals surface area contributed by atoms with Gasteiger partial charge in [-0.1, -0.05) is 12.1 Å². The van der Waals surface area contributed by atoms with Crippen LogP contribution >= 0.6 is 0 Å². The number of para-hydroxylation sites is 1. The van der Waals surface area contributed by atoms with Gasteiger partial charge in [-0.2, -0.15) is 0 Å². The van der Waals surface area contributed by atoms with Gasteiger partial charge in [0.15, 0.2) is 0 Å². The summed E-state index contributed by atoms with van der Waals surface area (Å²) in [5, 5.41) is 0. The van der Waals surface area contributed by atoms with E-state index < -0.39 is 11.7 Å². The van der Waals surface area contributed by atoms with E-state index in [4.69, 9.17) is 4.74 Å². The standard InChI is InChI=1S/C11H11NO3/c1-2-15-7-12-9-6-4-3-5-8(9)10(13)11(12)14/h3-6H,2,7H2,1H3. The zero-order valence-corrected chi connectivity index (χ0v) is 8.40. The first-order valence-corrected chi connectivity index (χ1v) is 4.78. The monoisotopic (exact) mass is 205 g/mol. The SMILES string of the molecule is CCOCN1C(=O)C(=O)c2ccccc21. The molecular formula is C11H11NO3. The van der Waals surface area contributed by atoms with Crippen molar-refractivity contribution in [3.63, 3.8) is 0 Å². The Morgan fingerprint density at radius 1 is 1.27 bits per heavy atom. The van der Waals surface area contributed by atoms with E-state index in [0.717, 1.165) is 0 Å². The number of carbonyl (C=O) groups is 2. The molecule has 0 fully saturated rings. The molecule has 1 heterocycles. The zero-order valence-electron chi connectivity index (χ0n) is 8.40. The van der Waals surface area contributed by atoms with Gasteiger partial charge in [-0.3, -0.25) is 14.5 Å². The third-order valence-corrected chi connectivity index (χ3v) is 2.30. The zero-order chi connectivity index (χ0) is 10.8. The number of ether oxygens (including phenoxy) is 1. The molecule has 0 aromatic heterocycles. The van der Waals surface area contributed by atoms with Crippen LogP contribution in [-0.4, -0.2) is 25.0 Å². The number of anilines is 1. The van der Waals surface area contributed by atoms with Crippen LogP contribution in [0.4, 0.5) is 5.69 Å². The first-order chi connectivity index (χ1) is 7.25. The number of hydrogen-bond donors (Lipinski definition) is 0. The highest BCUT2D eigenvalue weighted by Gasteiger charge is 2.35. The van der Waals surface area contributed by atoms with Crippen LogP contribution in [0.2, 0.25) is 0 Å². The smallest absolute Gasteiger partial charge is 0.301 e. The van der Waals surface area contributed by atoms with E-state index in [9.17, 15) is 9.59 Å². The maximum atomic E-state index is 11.6. The molecule has 0 bridgehead atoms. The number of ketones is 1. The van der Waals surface area contributed by atoms with E-state index in [0.29, 0.717) is 17.9 Å². The molecule has 1 aliphatic heterocycles. The summed E-state index contributed by atoms with van der Waals surface area (Å²) in [5.41, 5.74) is 1.10. The average molecular weight is 205 g/mol. The number of carbonyl (C=O) groups excluding carboxylic acids is 2. The van der Waals surface area contributed by atoms with Gasteiger partial charge in [0.1, 0.15) is 6.73 Å². The maximum absolute atomic E-state index is 11.6. The molecule has 15 heavy (non-hydrogen) atoms. The Morgan fingerprint density at radius 3 is 2.73 bits per heavy atom. The number of hydrogen-bond acceptors (Lipinski definition) is 3. The predicted molar refractivity (Wildman–Crippen MR) is 54.8 cm³/mol. The summed E-state index contributed by atoms with van der Waals surface area (Å²) < 4.78 is 5.15. The molecule has 4 nitrogen and oxygen atoms in total. The van der Waals surface area contributed by atoms with E-state index >= 15 is 0 Å². The molecule has 78 valence electrons. The van der Waals surface area contributed by atoms with E-state index in [1.165, 1.54) is 4.90 Å². The van der Waals surface area contributed by atoms with Crippen molar-refractivity contribution in [2.24, 2.45) is 0 Å². The molecule has 0 N–H and O–H groups in total. The van der Waals surface area contributed by atoms with Gasteiger partial charge in [-0.25, -0.2) is 0 Å². The van der Waals surface area contributed by atoms with Crippen LogP contribution in [0.25, 0.3) is 0 Å². The second kappa shape index (κ2) is 3.82. The van der Waals surface area contributed by atoms with E-state index in [2.05, 4.69) is 0 Å². The van der Waals surface area contributed by atoms with Crippen molar-refractivity contribution < 1.29 is 14.3 Å². The van der Waals surface area contributed by atoms with Gasteiger partial charge in [0.25, 0.3) is 5.78 Å². The first-order valence-electron chi connectivity index (χ1n) is 4.78. The Hall–Kier alpha value is -1.68. The molecular weight excluding hydrogens is 194 g/mol. The Bertz CT molecular complexity index is 414. The van der Waals surface area contributed by atoms with Gasteiger partial charge in [0.05, 0.1) is 11.3 Å². The molecule has 0 saturated carbocycles. The molecule has 0 atom stereocenters. The van der Waals surface area contributed by atoms with E-state index in [-0.39, 0.29) is 6.73 Å². The van der Waals surface area contributed by atoms with Gasteiger partial charge in [0, 0.05) is 6.61 Å². The van der Waals surface area contributed by atoms with Gasteiger partial charge in [-0.15, -0.1) is 0 Å². The van der Waals surface area contributed by atoms with Crippen molar-refractivity contribution in [3.8, 4) is 0 Å². The van der Waals surface area contributed by atoms with Crippen LogP contribution in [0.15, 0.2) is 24.3 Å². The summed E-state index contributed by atoms with van der Waals surface area (Å²) in [6.07, 6.45) is 0. The van der Waals surface area contributed by atoms with Gasteiger partial charge in [-0.05, 0) is 19.1 Å². The fourth-order valence-electron chi connectivity index (χ4n) is 1.56.